The van der Waals surface area contributed by atoms with Crippen molar-refractivity contribution in [3.05, 3.63) is 53.3 Å². The molecule has 0 unspecified atom stereocenters. The van der Waals surface area contributed by atoms with Crippen LogP contribution in [0.2, 0.25) is 0 Å². The molecule has 0 radical (unpaired) electrons. The normalized spacial score (nSPS) is 11.5. The fourth-order valence-electron chi connectivity index (χ4n) is 1.21. The van der Waals surface area contributed by atoms with Gasteiger partial charge in [-0.3, -0.25) is 0 Å². The van der Waals surface area contributed by atoms with Gasteiger partial charge in [0.05, 0.1) is 4.90 Å². The number of benzene rings is 1. The van der Waals surface area contributed by atoms with Gasteiger partial charge in [0.1, 0.15) is 0 Å². The summed E-state index contributed by atoms with van der Waals surface area (Å²) in [7, 11) is -3.42. The van der Waals surface area contributed by atoms with E-state index in [2.05, 4.69) is 15.9 Å². The van der Waals surface area contributed by atoms with Crippen molar-refractivity contribution in [3.63, 3.8) is 0 Å². The number of aromatic nitrogens is 1. The monoisotopic (exact) mass is 285 g/mol. The highest BCUT2D eigenvalue weighted by Crippen LogP contribution is 2.17. The van der Waals surface area contributed by atoms with Gasteiger partial charge in [-0.1, -0.05) is 15.9 Å². The van der Waals surface area contributed by atoms with E-state index < -0.39 is 10.0 Å². The first-order chi connectivity index (χ1) is 7.10. The summed E-state index contributed by atoms with van der Waals surface area (Å²) in [6.07, 6.45) is 3.02. The highest BCUT2D eigenvalue weighted by atomic mass is 79.9. The second-order valence-corrected chi connectivity index (χ2v) is 5.73. The second-order valence-electron chi connectivity index (χ2n) is 2.97. The van der Waals surface area contributed by atoms with Gasteiger partial charge < -0.3 is 0 Å². The third-order valence-electron chi connectivity index (χ3n) is 1.97. The fraction of sp³-hybridized carbons (Fsp3) is 0. The van der Waals surface area contributed by atoms with Crippen molar-refractivity contribution in [2.24, 2.45) is 0 Å². The largest absolute Gasteiger partial charge is 0.267 e. The number of hydrogen-bond donors (Lipinski definition) is 0. The molecule has 0 aliphatic heterocycles. The predicted octanol–water partition coefficient (Wildman–Crippen LogP) is 2.49. The van der Waals surface area contributed by atoms with Crippen LogP contribution in [0.3, 0.4) is 0 Å². The van der Waals surface area contributed by atoms with E-state index in [1.807, 2.05) is 0 Å². The topological polar surface area (TPSA) is 39.1 Å². The van der Waals surface area contributed by atoms with Crippen LogP contribution >= 0.6 is 15.9 Å². The molecular formula is C10H8BrNO2S. The minimum atomic E-state index is -3.42. The smallest absolute Gasteiger partial charge is 0.249 e. The Kier molecular flexibility index (Phi) is 2.67. The molecule has 1 aromatic carbocycles. The Labute approximate surface area is 96.5 Å². The van der Waals surface area contributed by atoms with Crippen LogP contribution in [0, 0.1) is 0 Å². The van der Waals surface area contributed by atoms with E-state index in [-0.39, 0.29) is 4.90 Å². The van der Waals surface area contributed by atoms with Crippen LogP contribution in [0.5, 0.6) is 0 Å². The molecule has 0 N–H and O–H groups in total. The minimum absolute atomic E-state index is 0.280. The summed E-state index contributed by atoms with van der Waals surface area (Å²) in [6, 6.07) is 9.90. The Bertz CT molecular complexity index is 544. The van der Waals surface area contributed by atoms with Crippen molar-refractivity contribution in [1.29, 1.82) is 0 Å². The lowest BCUT2D eigenvalue weighted by Gasteiger charge is -2.04. The summed E-state index contributed by atoms with van der Waals surface area (Å²) in [6.45, 7) is 0. The first-order valence-corrected chi connectivity index (χ1v) is 6.48. The van der Waals surface area contributed by atoms with Crippen LogP contribution in [0.4, 0.5) is 0 Å². The highest BCUT2D eigenvalue weighted by Gasteiger charge is 2.14. The Morgan fingerprint density at radius 2 is 1.53 bits per heavy atom. The summed E-state index contributed by atoms with van der Waals surface area (Å²) < 4.78 is 26.0. The van der Waals surface area contributed by atoms with E-state index in [9.17, 15) is 8.42 Å². The summed E-state index contributed by atoms with van der Waals surface area (Å²) in [5, 5.41) is 0. The molecule has 2 aromatic rings. The van der Waals surface area contributed by atoms with Crippen molar-refractivity contribution in [2.75, 3.05) is 0 Å². The zero-order chi connectivity index (χ0) is 10.9. The molecule has 0 saturated carbocycles. The number of nitrogens with zero attached hydrogens (tertiary/aromatic N) is 1. The molecule has 0 bridgehead atoms. The highest BCUT2D eigenvalue weighted by molar-refractivity contribution is 9.10. The van der Waals surface area contributed by atoms with E-state index in [0.29, 0.717) is 0 Å². The van der Waals surface area contributed by atoms with Crippen molar-refractivity contribution in [1.82, 2.24) is 3.97 Å². The zero-order valence-electron chi connectivity index (χ0n) is 7.67. The average molecular weight is 286 g/mol. The third-order valence-corrected chi connectivity index (χ3v) is 4.16. The molecule has 0 saturated heterocycles. The molecule has 0 atom stereocenters. The Balaban J connectivity index is 2.52. The fourth-order valence-corrected chi connectivity index (χ4v) is 2.66. The van der Waals surface area contributed by atoms with Gasteiger partial charge in [-0.15, -0.1) is 0 Å². The SMILES string of the molecule is O=S(=O)(c1ccc(Br)cc1)n1cccc1. The second kappa shape index (κ2) is 3.83. The lowest BCUT2D eigenvalue weighted by Crippen LogP contribution is -2.10. The third kappa shape index (κ3) is 1.98. The van der Waals surface area contributed by atoms with E-state index >= 15 is 0 Å². The van der Waals surface area contributed by atoms with E-state index in [1.165, 1.54) is 16.4 Å². The van der Waals surface area contributed by atoms with Gasteiger partial charge in [-0.2, -0.15) is 0 Å². The molecular weight excluding hydrogens is 278 g/mol. The van der Waals surface area contributed by atoms with Crippen molar-refractivity contribution >= 4 is 26.0 Å². The van der Waals surface area contributed by atoms with Crippen molar-refractivity contribution in [2.45, 2.75) is 4.90 Å². The molecule has 0 aliphatic carbocycles. The predicted molar refractivity (Wildman–Crippen MR) is 61.2 cm³/mol. The lowest BCUT2D eigenvalue weighted by molar-refractivity contribution is 0.587. The quantitative estimate of drug-likeness (QED) is 0.850. The summed E-state index contributed by atoms with van der Waals surface area (Å²) in [5.74, 6) is 0. The van der Waals surface area contributed by atoms with Gasteiger partial charge in [-0.05, 0) is 36.4 Å². The van der Waals surface area contributed by atoms with Crippen LogP contribution < -0.4 is 0 Å². The molecule has 1 aromatic heterocycles. The number of halogens is 1. The average Bonchev–Trinajstić information content (AvgIpc) is 2.71. The number of rotatable bonds is 2. The molecule has 0 spiro atoms. The molecule has 78 valence electrons. The van der Waals surface area contributed by atoms with Gasteiger partial charge in [-0.25, -0.2) is 12.4 Å². The zero-order valence-corrected chi connectivity index (χ0v) is 10.1. The molecule has 0 amide bonds. The maximum Gasteiger partial charge on any atom is 0.267 e. The van der Waals surface area contributed by atoms with Gasteiger partial charge in [0.2, 0.25) is 0 Å². The first-order valence-electron chi connectivity index (χ1n) is 4.25. The molecule has 1 heterocycles. The van der Waals surface area contributed by atoms with Crippen LogP contribution in [0.1, 0.15) is 0 Å². The lowest BCUT2D eigenvalue weighted by atomic mass is 10.4. The van der Waals surface area contributed by atoms with Crippen LogP contribution in [0.15, 0.2) is 58.2 Å². The van der Waals surface area contributed by atoms with Gasteiger partial charge in [0.15, 0.2) is 0 Å². The molecule has 2 rings (SSSR count). The van der Waals surface area contributed by atoms with E-state index in [1.54, 1.807) is 36.4 Å². The number of hydrogen-bond acceptors (Lipinski definition) is 2. The summed E-state index contributed by atoms with van der Waals surface area (Å²) in [4.78, 5) is 0.280. The Morgan fingerprint density at radius 3 is 2.07 bits per heavy atom. The molecule has 3 nitrogen and oxygen atoms in total. The van der Waals surface area contributed by atoms with Gasteiger partial charge in [0.25, 0.3) is 10.0 Å². The molecule has 0 aliphatic rings. The Hall–Kier alpha value is -1.07. The summed E-state index contributed by atoms with van der Waals surface area (Å²) in [5.41, 5.74) is 0. The van der Waals surface area contributed by atoms with Gasteiger partial charge >= 0.3 is 0 Å². The van der Waals surface area contributed by atoms with E-state index in [4.69, 9.17) is 0 Å². The van der Waals surface area contributed by atoms with E-state index in [0.717, 1.165) is 4.47 Å². The van der Waals surface area contributed by atoms with Crippen LogP contribution in [-0.2, 0) is 10.0 Å². The summed E-state index contributed by atoms with van der Waals surface area (Å²) >= 11 is 3.26. The van der Waals surface area contributed by atoms with Crippen molar-refractivity contribution < 1.29 is 8.42 Å². The maximum atomic E-state index is 12.0. The maximum absolute atomic E-state index is 12.0. The van der Waals surface area contributed by atoms with Crippen LogP contribution in [-0.4, -0.2) is 12.4 Å². The molecule has 15 heavy (non-hydrogen) atoms. The van der Waals surface area contributed by atoms with Crippen molar-refractivity contribution in [3.8, 4) is 0 Å². The molecule has 0 fully saturated rings. The molecule has 5 heteroatoms. The minimum Gasteiger partial charge on any atom is -0.249 e. The first kappa shape index (κ1) is 10.4. The van der Waals surface area contributed by atoms with Crippen LogP contribution in [0.25, 0.3) is 0 Å². The Morgan fingerprint density at radius 1 is 1.00 bits per heavy atom. The standard InChI is InChI=1S/C10H8BrNO2S/c11-9-3-5-10(6-4-9)15(13,14)12-7-1-2-8-12/h1-8H. The van der Waals surface area contributed by atoms with Gasteiger partial charge in [0, 0.05) is 16.9 Å².